The number of alkyl halides is 3. The summed E-state index contributed by atoms with van der Waals surface area (Å²) in [6.07, 6.45) is -4.02. The second kappa shape index (κ2) is 10.2. The first kappa shape index (κ1) is 22.0. The molecule has 0 saturated carbocycles. The molecule has 2 aromatic rings. The lowest BCUT2D eigenvalue weighted by molar-refractivity contribution is -0.159. The van der Waals surface area contributed by atoms with Crippen LogP contribution in [0.5, 0.6) is 5.75 Å². The monoisotopic (exact) mass is 385 g/mol. The molecule has 0 spiro atoms. The molecule has 2 rings (SSSR count). The summed E-state index contributed by atoms with van der Waals surface area (Å²) < 4.78 is 43.3. The van der Waals surface area contributed by atoms with Crippen LogP contribution < -0.4 is 10.5 Å². The van der Waals surface area contributed by atoms with Gasteiger partial charge in [-0.05, 0) is 36.4 Å². The number of nitrogens with two attached hydrogens (primary N) is 1. The van der Waals surface area contributed by atoms with E-state index in [-0.39, 0.29) is 6.10 Å². The van der Waals surface area contributed by atoms with Gasteiger partial charge in [-0.1, -0.05) is 30.3 Å². The Bertz CT molecular complexity index is 721. The van der Waals surface area contributed by atoms with E-state index in [0.717, 1.165) is 17.7 Å². The van der Waals surface area contributed by atoms with Crippen LogP contribution in [0.3, 0.4) is 0 Å². The van der Waals surface area contributed by atoms with Crippen LogP contribution in [0.15, 0.2) is 54.6 Å². The summed E-state index contributed by atoms with van der Waals surface area (Å²) in [6.45, 7) is 0.431. The molecule has 0 heterocycles. The van der Waals surface area contributed by atoms with Gasteiger partial charge in [-0.15, -0.1) is 0 Å². The van der Waals surface area contributed by atoms with Crippen LogP contribution in [0.25, 0.3) is 0 Å². The first-order valence-electron chi connectivity index (χ1n) is 7.70. The standard InChI is InChI=1S/C16H16F3NO.C2H2O4/c17-16(18,19)13-6-8-14(9-7-13)21-15(10-11-20)12-4-2-1-3-5-12;3-1(4)2(5)6/h1-9,15H,10-11,20H2;(H,3,4)(H,5,6)/t15-;/m0./s1. The van der Waals surface area contributed by atoms with E-state index >= 15 is 0 Å². The van der Waals surface area contributed by atoms with Gasteiger partial charge in [-0.25, -0.2) is 9.59 Å². The van der Waals surface area contributed by atoms with Gasteiger partial charge in [0, 0.05) is 6.42 Å². The third kappa shape index (κ3) is 7.78. The fraction of sp³-hybridized carbons (Fsp3) is 0.222. The van der Waals surface area contributed by atoms with Gasteiger partial charge in [-0.2, -0.15) is 13.2 Å². The second-order valence-electron chi connectivity index (χ2n) is 5.23. The highest BCUT2D eigenvalue weighted by Gasteiger charge is 2.30. The van der Waals surface area contributed by atoms with Crippen molar-refractivity contribution in [2.75, 3.05) is 6.54 Å². The summed E-state index contributed by atoms with van der Waals surface area (Å²) in [5, 5.41) is 14.8. The lowest BCUT2D eigenvalue weighted by atomic mass is 10.1. The summed E-state index contributed by atoms with van der Waals surface area (Å²) in [7, 11) is 0. The van der Waals surface area contributed by atoms with Crippen LogP contribution in [-0.2, 0) is 15.8 Å². The van der Waals surface area contributed by atoms with Gasteiger partial charge >= 0.3 is 18.1 Å². The predicted molar refractivity (Wildman–Crippen MR) is 90.2 cm³/mol. The van der Waals surface area contributed by atoms with Crippen LogP contribution in [-0.4, -0.2) is 28.7 Å². The van der Waals surface area contributed by atoms with Crippen LogP contribution in [0.4, 0.5) is 13.2 Å². The van der Waals surface area contributed by atoms with Crippen LogP contribution in [0, 0.1) is 0 Å². The first-order chi connectivity index (χ1) is 12.6. The Hall–Kier alpha value is -3.07. The van der Waals surface area contributed by atoms with Gasteiger partial charge in [-0.3, -0.25) is 0 Å². The summed E-state index contributed by atoms with van der Waals surface area (Å²) in [6, 6.07) is 14.2. The Kier molecular flexibility index (Phi) is 8.28. The van der Waals surface area contributed by atoms with Gasteiger partial charge in [0.25, 0.3) is 0 Å². The maximum Gasteiger partial charge on any atom is 0.416 e. The van der Waals surface area contributed by atoms with Crippen LogP contribution >= 0.6 is 0 Å². The summed E-state index contributed by atoms with van der Waals surface area (Å²) in [5.74, 6) is -3.25. The smallest absolute Gasteiger partial charge is 0.416 e. The minimum absolute atomic E-state index is 0.270. The average molecular weight is 385 g/mol. The highest BCUT2D eigenvalue weighted by Crippen LogP contribution is 2.31. The van der Waals surface area contributed by atoms with E-state index in [4.69, 9.17) is 30.3 Å². The third-order valence-corrected chi connectivity index (χ3v) is 3.24. The van der Waals surface area contributed by atoms with Crippen molar-refractivity contribution >= 4 is 11.9 Å². The molecule has 0 aromatic heterocycles. The van der Waals surface area contributed by atoms with Crippen molar-refractivity contribution in [2.24, 2.45) is 5.73 Å². The number of carboxylic acid groups (broad SMARTS) is 2. The SMILES string of the molecule is NCC[C@H](Oc1ccc(C(F)(F)F)cc1)c1ccccc1.O=C(O)C(=O)O. The van der Waals surface area contributed by atoms with Gasteiger partial charge in [0.05, 0.1) is 5.56 Å². The third-order valence-electron chi connectivity index (χ3n) is 3.24. The Labute approximate surface area is 153 Å². The number of hydrogen-bond acceptors (Lipinski definition) is 4. The van der Waals surface area contributed by atoms with Crippen LogP contribution in [0.2, 0.25) is 0 Å². The molecule has 0 fully saturated rings. The van der Waals surface area contributed by atoms with Crippen molar-refractivity contribution in [1.29, 1.82) is 0 Å². The molecule has 0 aliphatic carbocycles. The molecular weight excluding hydrogens is 367 g/mol. The molecule has 0 unspecified atom stereocenters. The number of carboxylic acids is 2. The Morgan fingerprint density at radius 3 is 1.89 bits per heavy atom. The van der Waals surface area contributed by atoms with E-state index in [0.29, 0.717) is 18.7 Å². The van der Waals surface area contributed by atoms with E-state index in [9.17, 15) is 13.2 Å². The minimum Gasteiger partial charge on any atom is -0.486 e. The molecule has 0 bridgehead atoms. The minimum atomic E-state index is -4.34. The van der Waals surface area contributed by atoms with Crippen molar-refractivity contribution < 1.29 is 37.7 Å². The van der Waals surface area contributed by atoms with E-state index in [2.05, 4.69) is 0 Å². The second-order valence-corrected chi connectivity index (χ2v) is 5.23. The zero-order valence-electron chi connectivity index (χ0n) is 14.0. The molecule has 1 atom stereocenters. The highest BCUT2D eigenvalue weighted by molar-refractivity contribution is 6.27. The van der Waals surface area contributed by atoms with Crippen LogP contribution in [0.1, 0.15) is 23.7 Å². The molecule has 2 aromatic carbocycles. The largest absolute Gasteiger partial charge is 0.486 e. The lowest BCUT2D eigenvalue weighted by Crippen LogP contribution is -2.13. The van der Waals surface area contributed by atoms with Crippen molar-refractivity contribution in [3.05, 3.63) is 65.7 Å². The molecule has 4 N–H and O–H groups in total. The maximum atomic E-state index is 12.5. The van der Waals surface area contributed by atoms with E-state index in [1.165, 1.54) is 12.1 Å². The average Bonchev–Trinajstić information content (AvgIpc) is 2.62. The maximum absolute atomic E-state index is 12.5. The zero-order valence-corrected chi connectivity index (χ0v) is 14.0. The molecule has 0 saturated heterocycles. The van der Waals surface area contributed by atoms with Crippen molar-refractivity contribution in [1.82, 2.24) is 0 Å². The van der Waals surface area contributed by atoms with E-state index in [1.807, 2.05) is 30.3 Å². The van der Waals surface area contributed by atoms with Crippen molar-refractivity contribution in [3.8, 4) is 5.75 Å². The number of aliphatic carboxylic acids is 2. The molecular formula is C18H18F3NO5. The molecule has 0 aliphatic rings. The van der Waals surface area contributed by atoms with Crippen molar-refractivity contribution in [3.63, 3.8) is 0 Å². The molecule has 0 aliphatic heterocycles. The quantitative estimate of drug-likeness (QED) is 0.681. The number of rotatable bonds is 5. The van der Waals surface area contributed by atoms with Gasteiger partial charge in [0.15, 0.2) is 0 Å². The predicted octanol–water partition coefficient (Wildman–Crippen LogP) is 3.33. The number of benzene rings is 2. The normalized spacial score (nSPS) is 11.7. The summed E-state index contributed by atoms with van der Waals surface area (Å²) >= 11 is 0. The molecule has 0 amide bonds. The van der Waals surface area contributed by atoms with Gasteiger partial charge in [0.2, 0.25) is 0 Å². The van der Waals surface area contributed by atoms with Gasteiger partial charge in [0.1, 0.15) is 11.9 Å². The van der Waals surface area contributed by atoms with Crippen molar-refractivity contribution in [2.45, 2.75) is 18.7 Å². The fourth-order valence-electron chi connectivity index (χ4n) is 2.00. The zero-order chi connectivity index (χ0) is 20.4. The van der Waals surface area contributed by atoms with E-state index < -0.39 is 23.7 Å². The molecule has 6 nitrogen and oxygen atoms in total. The molecule has 0 radical (unpaired) electrons. The Morgan fingerprint density at radius 1 is 0.963 bits per heavy atom. The first-order valence-corrected chi connectivity index (χ1v) is 7.70. The highest BCUT2D eigenvalue weighted by atomic mass is 19.4. The Balaban J connectivity index is 0.000000527. The molecule has 146 valence electrons. The topological polar surface area (TPSA) is 110 Å². The summed E-state index contributed by atoms with van der Waals surface area (Å²) in [5.41, 5.74) is 5.83. The summed E-state index contributed by atoms with van der Waals surface area (Å²) in [4.78, 5) is 18.2. The number of carbonyl (C=O) groups is 2. The molecule has 9 heteroatoms. The fourth-order valence-corrected chi connectivity index (χ4v) is 2.00. The Morgan fingerprint density at radius 2 is 1.48 bits per heavy atom. The number of ether oxygens (including phenoxy) is 1. The number of halogens is 3. The number of hydrogen-bond donors (Lipinski definition) is 3. The lowest BCUT2D eigenvalue weighted by Gasteiger charge is -2.19. The van der Waals surface area contributed by atoms with Gasteiger partial charge < -0.3 is 20.7 Å². The molecule has 27 heavy (non-hydrogen) atoms. The van der Waals surface area contributed by atoms with E-state index in [1.54, 1.807) is 0 Å².